The fraction of sp³-hybridized carbons (Fsp3) is 0.0909. The van der Waals surface area contributed by atoms with Crippen LogP contribution in [0.4, 0.5) is 5.69 Å². The summed E-state index contributed by atoms with van der Waals surface area (Å²) in [5.41, 5.74) is 11.9. The lowest BCUT2D eigenvalue weighted by molar-refractivity contribution is -0.118. The highest BCUT2D eigenvalue weighted by atomic mass is 16.5. The van der Waals surface area contributed by atoms with Crippen LogP contribution in [-0.4, -0.2) is 29.3 Å². The monoisotopic (exact) mass is 420 g/mol. The Kier molecular flexibility index (Phi) is 6.79. The van der Waals surface area contributed by atoms with Gasteiger partial charge in [-0.3, -0.25) is 14.4 Å². The zero-order chi connectivity index (χ0) is 22.2. The molecular formula is C22H20N4O5. The van der Waals surface area contributed by atoms with E-state index in [-0.39, 0.29) is 24.8 Å². The molecule has 0 saturated carbocycles. The summed E-state index contributed by atoms with van der Waals surface area (Å²) >= 11 is 0. The first kappa shape index (κ1) is 21.3. The standard InChI is InChI=1S/C22H20N4O5/c23-19(27)10-14-4-7-17(8-5-14)30-13-20(28)26-16-6-9-21(25-12-16)31-18-3-1-2-15(11-18)22(24)29/h1-9,11-12H,10,13H2,(H2,23,27)(H2,24,29)(H,26,28). The first-order valence-corrected chi connectivity index (χ1v) is 9.23. The van der Waals surface area contributed by atoms with Crippen molar-refractivity contribution in [3.63, 3.8) is 0 Å². The molecule has 3 aromatic rings. The van der Waals surface area contributed by atoms with Crippen LogP contribution in [0, 0.1) is 0 Å². The number of nitrogens with zero attached hydrogens (tertiary/aromatic N) is 1. The molecule has 0 aliphatic carbocycles. The number of amides is 3. The Morgan fingerprint density at radius 1 is 0.935 bits per heavy atom. The van der Waals surface area contributed by atoms with Crippen LogP contribution in [-0.2, 0) is 16.0 Å². The van der Waals surface area contributed by atoms with Crippen molar-refractivity contribution in [3.8, 4) is 17.4 Å². The summed E-state index contributed by atoms with van der Waals surface area (Å²) < 4.78 is 11.0. The summed E-state index contributed by atoms with van der Waals surface area (Å²) in [5.74, 6) is -0.158. The number of ether oxygens (including phenoxy) is 2. The number of hydrogen-bond donors (Lipinski definition) is 3. The van der Waals surface area contributed by atoms with Crippen LogP contribution in [0.1, 0.15) is 15.9 Å². The molecule has 0 bridgehead atoms. The number of nitrogens with one attached hydrogen (secondary N) is 1. The largest absolute Gasteiger partial charge is 0.484 e. The maximum absolute atomic E-state index is 12.1. The van der Waals surface area contributed by atoms with Gasteiger partial charge in [0.2, 0.25) is 17.7 Å². The average molecular weight is 420 g/mol. The van der Waals surface area contributed by atoms with Gasteiger partial charge in [-0.2, -0.15) is 0 Å². The molecule has 0 fully saturated rings. The summed E-state index contributed by atoms with van der Waals surface area (Å²) in [7, 11) is 0. The molecule has 0 radical (unpaired) electrons. The number of aromatic nitrogens is 1. The zero-order valence-electron chi connectivity index (χ0n) is 16.4. The number of anilines is 1. The highest BCUT2D eigenvalue weighted by Gasteiger charge is 2.07. The Balaban J connectivity index is 1.50. The SMILES string of the molecule is NC(=O)Cc1ccc(OCC(=O)Nc2ccc(Oc3cccc(C(N)=O)c3)nc2)cc1. The number of hydrogen-bond acceptors (Lipinski definition) is 6. The van der Waals surface area contributed by atoms with Gasteiger partial charge in [0.05, 0.1) is 18.3 Å². The van der Waals surface area contributed by atoms with E-state index in [4.69, 9.17) is 20.9 Å². The molecule has 3 amide bonds. The third kappa shape index (κ3) is 6.57. The Hall–Kier alpha value is -4.40. The van der Waals surface area contributed by atoms with Gasteiger partial charge in [-0.15, -0.1) is 0 Å². The minimum absolute atomic E-state index is 0.143. The van der Waals surface area contributed by atoms with E-state index in [1.54, 1.807) is 54.6 Å². The van der Waals surface area contributed by atoms with Gasteiger partial charge in [0.25, 0.3) is 5.91 Å². The predicted molar refractivity (Wildman–Crippen MR) is 113 cm³/mol. The van der Waals surface area contributed by atoms with Crippen molar-refractivity contribution in [1.82, 2.24) is 4.98 Å². The molecule has 9 heteroatoms. The van der Waals surface area contributed by atoms with E-state index >= 15 is 0 Å². The number of primary amides is 2. The molecule has 0 atom stereocenters. The van der Waals surface area contributed by atoms with E-state index in [1.807, 2.05) is 0 Å². The van der Waals surface area contributed by atoms with Crippen molar-refractivity contribution in [1.29, 1.82) is 0 Å². The Labute approximate surface area is 178 Å². The molecule has 0 aliphatic rings. The van der Waals surface area contributed by atoms with Crippen LogP contribution >= 0.6 is 0 Å². The molecule has 9 nitrogen and oxygen atoms in total. The van der Waals surface area contributed by atoms with Crippen molar-refractivity contribution in [2.24, 2.45) is 11.5 Å². The molecule has 2 aromatic carbocycles. The normalized spacial score (nSPS) is 10.2. The smallest absolute Gasteiger partial charge is 0.262 e. The zero-order valence-corrected chi connectivity index (χ0v) is 16.4. The van der Waals surface area contributed by atoms with Gasteiger partial charge in [-0.1, -0.05) is 18.2 Å². The summed E-state index contributed by atoms with van der Waals surface area (Å²) in [6.07, 6.45) is 1.58. The second kappa shape index (κ2) is 9.88. The Morgan fingerprint density at radius 3 is 2.35 bits per heavy atom. The van der Waals surface area contributed by atoms with Crippen molar-refractivity contribution in [2.75, 3.05) is 11.9 Å². The lowest BCUT2D eigenvalue weighted by Crippen LogP contribution is -2.20. The van der Waals surface area contributed by atoms with Gasteiger partial charge in [-0.25, -0.2) is 4.98 Å². The molecule has 1 aromatic heterocycles. The first-order valence-electron chi connectivity index (χ1n) is 9.23. The van der Waals surface area contributed by atoms with E-state index in [0.717, 1.165) is 5.56 Å². The average Bonchev–Trinajstić information content (AvgIpc) is 2.74. The van der Waals surface area contributed by atoms with Crippen molar-refractivity contribution < 1.29 is 23.9 Å². The molecule has 0 unspecified atom stereocenters. The topological polar surface area (TPSA) is 147 Å². The predicted octanol–water partition coefficient (Wildman–Crippen LogP) is 2.02. The van der Waals surface area contributed by atoms with Crippen molar-refractivity contribution in [3.05, 3.63) is 78.0 Å². The van der Waals surface area contributed by atoms with Crippen LogP contribution < -0.4 is 26.3 Å². The lowest BCUT2D eigenvalue weighted by atomic mass is 10.1. The maximum atomic E-state index is 12.1. The molecule has 158 valence electrons. The minimum atomic E-state index is -0.555. The highest BCUT2D eigenvalue weighted by molar-refractivity contribution is 5.93. The minimum Gasteiger partial charge on any atom is -0.484 e. The van der Waals surface area contributed by atoms with Crippen molar-refractivity contribution in [2.45, 2.75) is 6.42 Å². The third-order valence-corrected chi connectivity index (χ3v) is 4.03. The first-order chi connectivity index (χ1) is 14.9. The van der Waals surface area contributed by atoms with Gasteiger partial charge >= 0.3 is 0 Å². The summed E-state index contributed by atoms with van der Waals surface area (Å²) in [6.45, 7) is -0.201. The lowest BCUT2D eigenvalue weighted by Gasteiger charge is -2.09. The number of nitrogens with two attached hydrogens (primary N) is 2. The van der Waals surface area contributed by atoms with Crippen LogP contribution in [0.15, 0.2) is 66.9 Å². The molecule has 0 saturated heterocycles. The Bertz CT molecular complexity index is 1080. The number of benzene rings is 2. The molecular weight excluding hydrogens is 400 g/mol. The van der Waals surface area contributed by atoms with Crippen LogP contribution in [0.2, 0.25) is 0 Å². The number of rotatable bonds is 9. The van der Waals surface area contributed by atoms with Gasteiger partial charge in [-0.05, 0) is 42.0 Å². The number of carbonyl (C=O) groups is 3. The van der Waals surface area contributed by atoms with E-state index < -0.39 is 11.8 Å². The van der Waals surface area contributed by atoms with E-state index in [2.05, 4.69) is 10.3 Å². The van der Waals surface area contributed by atoms with Crippen LogP contribution in [0.3, 0.4) is 0 Å². The van der Waals surface area contributed by atoms with Gasteiger partial charge in [0.15, 0.2) is 6.61 Å². The molecule has 1 heterocycles. The summed E-state index contributed by atoms with van der Waals surface area (Å²) in [6, 6.07) is 16.3. The van der Waals surface area contributed by atoms with Gasteiger partial charge in [0.1, 0.15) is 11.5 Å². The fourth-order valence-corrected chi connectivity index (χ4v) is 2.60. The Morgan fingerprint density at radius 2 is 1.71 bits per heavy atom. The molecule has 5 N–H and O–H groups in total. The quantitative estimate of drug-likeness (QED) is 0.482. The summed E-state index contributed by atoms with van der Waals surface area (Å²) in [5, 5.41) is 2.66. The van der Waals surface area contributed by atoms with Crippen LogP contribution in [0.5, 0.6) is 17.4 Å². The molecule has 3 rings (SSSR count). The highest BCUT2D eigenvalue weighted by Crippen LogP contribution is 2.21. The number of carbonyl (C=O) groups excluding carboxylic acids is 3. The second-order valence-electron chi connectivity index (χ2n) is 6.50. The van der Waals surface area contributed by atoms with Crippen LogP contribution in [0.25, 0.3) is 0 Å². The van der Waals surface area contributed by atoms with E-state index in [1.165, 1.54) is 12.3 Å². The van der Waals surface area contributed by atoms with Gasteiger partial charge < -0.3 is 26.3 Å². The summed E-state index contributed by atoms with van der Waals surface area (Å²) in [4.78, 5) is 38.3. The van der Waals surface area contributed by atoms with E-state index in [0.29, 0.717) is 22.7 Å². The maximum Gasteiger partial charge on any atom is 0.262 e. The van der Waals surface area contributed by atoms with Gasteiger partial charge in [0, 0.05) is 11.6 Å². The fourth-order valence-electron chi connectivity index (χ4n) is 2.60. The molecule has 0 spiro atoms. The van der Waals surface area contributed by atoms with E-state index in [9.17, 15) is 14.4 Å². The van der Waals surface area contributed by atoms with Crippen molar-refractivity contribution >= 4 is 23.4 Å². The third-order valence-electron chi connectivity index (χ3n) is 4.03. The number of pyridine rings is 1. The second-order valence-corrected chi connectivity index (χ2v) is 6.50. The molecule has 0 aliphatic heterocycles. The molecule has 31 heavy (non-hydrogen) atoms.